The van der Waals surface area contributed by atoms with Gasteiger partial charge in [-0.1, -0.05) is 24.3 Å². The Morgan fingerprint density at radius 2 is 1.76 bits per heavy atom. The molecule has 3 aromatic rings. The maximum Gasteiger partial charge on any atom is 0.350 e. The molecule has 0 amide bonds. The van der Waals surface area contributed by atoms with E-state index in [0.29, 0.717) is 21.1 Å². The largest absolute Gasteiger partial charge is 0.497 e. The van der Waals surface area contributed by atoms with Crippen molar-refractivity contribution in [2.45, 2.75) is 33.3 Å². The normalized spacial score (nSPS) is 11.0. The Morgan fingerprint density at radius 3 is 2.34 bits per heavy atom. The van der Waals surface area contributed by atoms with E-state index in [1.54, 1.807) is 20.1 Å². The molecule has 0 atom stereocenters. The maximum absolute atomic E-state index is 12.4. The highest BCUT2D eigenvalue weighted by molar-refractivity contribution is 7.17. The van der Waals surface area contributed by atoms with Gasteiger partial charge in [0, 0.05) is 5.56 Å². The van der Waals surface area contributed by atoms with E-state index in [2.05, 4.69) is 11.1 Å². The zero-order chi connectivity index (χ0) is 21.2. The van der Waals surface area contributed by atoms with Crippen LogP contribution in [0.5, 0.6) is 5.75 Å². The number of esters is 1. The van der Waals surface area contributed by atoms with Crippen LogP contribution in [0.3, 0.4) is 0 Å². The van der Waals surface area contributed by atoms with Crippen LogP contribution in [0.25, 0.3) is 21.7 Å². The number of aromatic nitrogens is 1. The van der Waals surface area contributed by atoms with E-state index in [1.165, 1.54) is 11.3 Å². The van der Waals surface area contributed by atoms with Gasteiger partial charge in [-0.05, 0) is 57.0 Å². The lowest BCUT2D eigenvalue weighted by Crippen LogP contribution is -2.23. The Hall–Kier alpha value is -3.17. The monoisotopic (exact) mass is 406 g/mol. The second-order valence-electron chi connectivity index (χ2n) is 7.54. The summed E-state index contributed by atoms with van der Waals surface area (Å²) in [5.41, 5.74) is 3.15. The Labute approximate surface area is 174 Å². The van der Waals surface area contributed by atoms with Gasteiger partial charge in [0.15, 0.2) is 0 Å². The van der Waals surface area contributed by atoms with E-state index in [4.69, 9.17) is 9.47 Å². The number of nitriles is 1. The van der Waals surface area contributed by atoms with Gasteiger partial charge in [-0.3, -0.25) is 0 Å². The minimum absolute atomic E-state index is 0.380. The molecule has 3 rings (SSSR count). The number of methoxy groups -OCH3 is 1. The average Bonchev–Trinajstić information content (AvgIpc) is 3.08. The van der Waals surface area contributed by atoms with Crippen LogP contribution in [0.1, 0.15) is 41.7 Å². The molecule has 29 heavy (non-hydrogen) atoms. The summed E-state index contributed by atoms with van der Waals surface area (Å²) in [6.45, 7) is 7.29. The highest BCUT2D eigenvalue weighted by Gasteiger charge is 2.23. The van der Waals surface area contributed by atoms with Crippen molar-refractivity contribution in [2.24, 2.45) is 0 Å². The van der Waals surface area contributed by atoms with Gasteiger partial charge < -0.3 is 9.47 Å². The van der Waals surface area contributed by atoms with Crippen molar-refractivity contribution >= 4 is 17.3 Å². The first kappa shape index (κ1) is 20.6. The number of rotatable bonds is 4. The zero-order valence-electron chi connectivity index (χ0n) is 17.1. The average molecular weight is 407 g/mol. The lowest BCUT2D eigenvalue weighted by molar-refractivity contribution is 0.00742. The number of ether oxygens (including phenoxy) is 2. The summed E-state index contributed by atoms with van der Waals surface area (Å²) in [5.74, 6) is 0.380. The van der Waals surface area contributed by atoms with E-state index in [9.17, 15) is 10.1 Å². The second kappa shape index (κ2) is 8.06. The molecule has 0 unspecified atom stereocenters. The Balaban J connectivity index is 1.95. The van der Waals surface area contributed by atoms with Crippen molar-refractivity contribution in [3.8, 4) is 33.5 Å². The first-order chi connectivity index (χ1) is 13.7. The van der Waals surface area contributed by atoms with E-state index in [0.717, 1.165) is 22.4 Å². The molecular formula is C23H22N2O3S. The molecule has 0 aliphatic carbocycles. The number of carbonyl (C=O) groups is 1. The van der Waals surface area contributed by atoms with Crippen molar-refractivity contribution in [1.29, 1.82) is 5.26 Å². The fourth-order valence-electron chi connectivity index (χ4n) is 2.83. The number of carbonyl (C=O) groups excluding carboxylic acids is 1. The molecule has 0 radical (unpaired) electrons. The summed E-state index contributed by atoms with van der Waals surface area (Å²) in [5, 5.41) is 10.3. The first-order valence-electron chi connectivity index (χ1n) is 9.11. The molecule has 1 heterocycles. The molecule has 0 fully saturated rings. The van der Waals surface area contributed by atoms with Crippen LogP contribution in [0, 0.1) is 18.3 Å². The molecule has 6 heteroatoms. The van der Waals surface area contributed by atoms with Crippen LogP contribution in [0.4, 0.5) is 0 Å². The van der Waals surface area contributed by atoms with Crippen molar-refractivity contribution in [3.05, 3.63) is 58.6 Å². The summed E-state index contributed by atoms with van der Waals surface area (Å²) >= 11 is 1.28. The number of hydrogen-bond acceptors (Lipinski definition) is 6. The third-order valence-electron chi connectivity index (χ3n) is 4.17. The van der Waals surface area contributed by atoms with Gasteiger partial charge in [0.05, 0.1) is 24.4 Å². The van der Waals surface area contributed by atoms with Crippen LogP contribution in [0.15, 0.2) is 42.5 Å². The summed E-state index contributed by atoms with van der Waals surface area (Å²) in [7, 11) is 1.62. The van der Waals surface area contributed by atoms with E-state index in [-0.39, 0.29) is 5.97 Å². The standard InChI is InChI=1S/C23H22N2O3S/c1-14-20(22(26)28-23(2,3)4)29-21(25-14)16-8-11-19(17(12-16)13-24)15-6-9-18(27-5)10-7-15/h6-12H,1-5H3. The summed E-state index contributed by atoms with van der Waals surface area (Å²) in [6.07, 6.45) is 0. The summed E-state index contributed by atoms with van der Waals surface area (Å²) in [6, 6.07) is 15.4. The molecule has 0 saturated heterocycles. The number of aryl methyl sites for hydroxylation is 1. The van der Waals surface area contributed by atoms with Crippen molar-refractivity contribution in [3.63, 3.8) is 0 Å². The van der Waals surface area contributed by atoms with Gasteiger partial charge in [0.1, 0.15) is 21.2 Å². The molecule has 0 spiro atoms. The van der Waals surface area contributed by atoms with E-state index in [1.807, 2.05) is 57.2 Å². The Kier molecular flexibility index (Phi) is 5.71. The Bertz CT molecular complexity index is 1090. The predicted octanol–water partition coefficient (Wildman–Crippen LogP) is 5.62. The lowest BCUT2D eigenvalue weighted by Gasteiger charge is -2.18. The van der Waals surface area contributed by atoms with Gasteiger partial charge in [-0.25, -0.2) is 9.78 Å². The fraction of sp³-hybridized carbons (Fsp3) is 0.261. The van der Waals surface area contributed by atoms with Gasteiger partial charge >= 0.3 is 5.97 Å². The summed E-state index contributed by atoms with van der Waals surface area (Å²) in [4.78, 5) is 17.4. The van der Waals surface area contributed by atoms with E-state index < -0.39 is 5.60 Å². The molecule has 0 aliphatic heterocycles. The van der Waals surface area contributed by atoms with Gasteiger partial charge in [-0.15, -0.1) is 11.3 Å². The van der Waals surface area contributed by atoms with Gasteiger partial charge in [0.25, 0.3) is 0 Å². The molecule has 148 valence electrons. The maximum atomic E-state index is 12.4. The fourth-order valence-corrected chi connectivity index (χ4v) is 3.76. The Morgan fingerprint density at radius 1 is 1.10 bits per heavy atom. The van der Waals surface area contributed by atoms with Crippen molar-refractivity contribution in [1.82, 2.24) is 4.98 Å². The highest BCUT2D eigenvalue weighted by Crippen LogP contribution is 2.33. The number of benzene rings is 2. The predicted molar refractivity (Wildman–Crippen MR) is 114 cm³/mol. The topological polar surface area (TPSA) is 72.2 Å². The van der Waals surface area contributed by atoms with Gasteiger partial charge in [0.2, 0.25) is 0 Å². The minimum atomic E-state index is -0.568. The zero-order valence-corrected chi connectivity index (χ0v) is 17.9. The quantitative estimate of drug-likeness (QED) is 0.526. The molecule has 0 aliphatic rings. The van der Waals surface area contributed by atoms with E-state index >= 15 is 0 Å². The van der Waals surface area contributed by atoms with Crippen LogP contribution >= 0.6 is 11.3 Å². The molecule has 5 nitrogen and oxygen atoms in total. The molecule has 2 aromatic carbocycles. The number of thiazole rings is 1. The van der Waals surface area contributed by atoms with Crippen molar-refractivity contribution < 1.29 is 14.3 Å². The second-order valence-corrected chi connectivity index (χ2v) is 8.54. The van der Waals surface area contributed by atoms with Crippen LogP contribution in [-0.4, -0.2) is 23.7 Å². The first-order valence-corrected chi connectivity index (χ1v) is 9.93. The van der Waals surface area contributed by atoms with Crippen LogP contribution in [0.2, 0.25) is 0 Å². The minimum Gasteiger partial charge on any atom is -0.497 e. The van der Waals surface area contributed by atoms with Gasteiger partial charge in [-0.2, -0.15) is 5.26 Å². The molecule has 0 saturated carbocycles. The third-order valence-corrected chi connectivity index (χ3v) is 5.36. The number of hydrogen-bond donors (Lipinski definition) is 0. The third kappa shape index (κ3) is 4.64. The molecule has 0 bridgehead atoms. The molecule has 0 N–H and O–H groups in total. The lowest BCUT2D eigenvalue weighted by atomic mass is 9.98. The highest BCUT2D eigenvalue weighted by atomic mass is 32.1. The molecule has 1 aromatic heterocycles. The van der Waals surface area contributed by atoms with Crippen molar-refractivity contribution in [2.75, 3.05) is 7.11 Å². The SMILES string of the molecule is COc1ccc(-c2ccc(-c3nc(C)c(C(=O)OC(C)(C)C)s3)cc2C#N)cc1. The number of nitrogens with zero attached hydrogens (tertiary/aromatic N) is 2. The summed E-state index contributed by atoms with van der Waals surface area (Å²) < 4.78 is 10.7. The van der Waals surface area contributed by atoms with Crippen LogP contribution < -0.4 is 4.74 Å². The van der Waals surface area contributed by atoms with Crippen LogP contribution in [-0.2, 0) is 4.74 Å². The smallest absolute Gasteiger partial charge is 0.350 e. The molecular weight excluding hydrogens is 384 g/mol.